The van der Waals surface area contributed by atoms with Crippen LogP contribution in [0.2, 0.25) is 0 Å². The third kappa shape index (κ3) is 3.21. The van der Waals surface area contributed by atoms with Crippen LogP contribution in [0.4, 0.5) is 0 Å². The van der Waals surface area contributed by atoms with E-state index in [0.717, 1.165) is 31.8 Å². The molecule has 0 spiro atoms. The van der Waals surface area contributed by atoms with E-state index in [1.807, 2.05) is 0 Å². The third-order valence-electron chi connectivity index (χ3n) is 4.60. The molecule has 1 aliphatic heterocycles. The Kier molecular flexibility index (Phi) is 4.43. The Morgan fingerprint density at radius 3 is 2.76 bits per heavy atom. The quantitative estimate of drug-likeness (QED) is 0.819. The molecule has 2 aliphatic rings. The normalized spacial score (nSPS) is 34.0. The summed E-state index contributed by atoms with van der Waals surface area (Å²) in [6.07, 6.45) is 7.83. The second kappa shape index (κ2) is 5.85. The minimum absolute atomic E-state index is 0.269. The number of hydrogen-bond donors (Lipinski definition) is 1. The Labute approximate surface area is 105 Å². The van der Waals surface area contributed by atoms with Gasteiger partial charge in [0.15, 0.2) is 0 Å². The molecule has 2 N–H and O–H groups in total. The molecule has 1 unspecified atom stereocenters. The summed E-state index contributed by atoms with van der Waals surface area (Å²) in [6.45, 7) is 4.18. The predicted molar refractivity (Wildman–Crippen MR) is 69.5 cm³/mol. The lowest BCUT2D eigenvalue weighted by Crippen LogP contribution is -2.41. The summed E-state index contributed by atoms with van der Waals surface area (Å²) >= 11 is 0. The maximum absolute atomic E-state index is 12.2. The smallest absolute Gasteiger partial charge is 0.222 e. The van der Waals surface area contributed by atoms with Crippen molar-refractivity contribution in [1.29, 1.82) is 0 Å². The standard InChI is InChI=1S/C14H26N2O/c1-2-11-5-4-8-16(10-11)14(17)9-12-6-3-7-13(12)15/h11-13H,2-10,15H2,1H3/t11?,12-,13+/m0/s1. The molecule has 1 amide bonds. The van der Waals surface area contributed by atoms with Crippen molar-refractivity contribution in [1.82, 2.24) is 4.90 Å². The summed E-state index contributed by atoms with van der Waals surface area (Å²) in [5.41, 5.74) is 6.04. The molecule has 3 atom stereocenters. The van der Waals surface area contributed by atoms with E-state index in [4.69, 9.17) is 5.73 Å². The molecular weight excluding hydrogens is 212 g/mol. The number of nitrogens with zero attached hydrogens (tertiary/aromatic N) is 1. The molecule has 1 aliphatic carbocycles. The van der Waals surface area contributed by atoms with Gasteiger partial charge in [-0.05, 0) is 37.5 Å². The van der Waals surface area contributed by atoms with Crippen LogP contribution in [0.15, 0.2) is 0 Å². The molecule has 1 saturated carbocycles. The van der Waals surface area contributed by atoms with Crippen LogP contribution in [-0.2, 0) is 4.79 Å². The van der Waals surface area contributed by atoms with Gasteiger partial charge in [0.2, 0.25) is 5.91 Å². The van der Waals surface area contributed by atoms with Gasteiger partial charge >= 0.3 is 0 Å². The van der Waals surface area contributed by atoms with Crippen molar-refractivity contribution in [3.05, 3.63) is 0 Å². The fraction of sp³-hybridized carbons (Fsp3) is 0.929. The number of amides is 1. The zero-order valence-corrected chi connectivity index (χ0v) is 11.0. The molecule has 2 fully saturated rings. The van der Waals surface area contributed by atoms with Crippen LogP contribution in [0, 0.1) is 11.8 Å². The van der Waals surface area contributed by atoms with Crippen molar-refractivity contribution >= 4 is 5.91 Å². The van der Waals surface area contributed by atoms with Crippen LogP contribution in [0.25, 0.3) is 0 Å². The molecule has 0 aromatic carbocycles. The second-order valence-electron chi connectivity index (χ2n) is 5.82. The molecule has 3 nitrogen and oxygen atoms in total. The third-order valence-corrected chi connectivity index (χ3v) is 4.60. The van der Waals surface area contributed by atoms with Crippen LogP contribution in [0.1, 0.15) is 51.9 Å². The maximum atomic E-state index is 12.2. The number of carbonyl (C=O) groups excluding carboxylic acids is 1. The number of hydrogen-bond acceptors (Lipinski definition) is 2. The summed E-state index contributed by atoms with van der Waals surface area (Å²) in [5.74, 6) is 1.53. The first kappa shape index (κ1) is 12.9. The first-order valence-corrected chi connectivity index (χ1v) is 7.24. The molecule has 3 heteroatoms. The van der Waals surface area contributed by atoms with Crippen molar-refractivity contribution in [2.45, 2.75) is 57.9 Å². The van der Waals surface area contributed by atoms with Gasteiger partial charge in [0.25, 0.3) is 0 Å². The molecule has 0 aromatic heterocycles. The number of carbonyl (C=O) groups is 1. The van der Waals surface area contributed by atoms with Crippen LogP contribution in [-0.4, -0.2) is 29.9 Å². The van der Waals surface area contributed by atoms with E-state index in [1.165, 1.54) is 25.7 Å². The minimum Gasteiger partial charge on any atom is -0.342 e. The molecule has 2 rings (SSSR count). The number of likely N-dealkylation sites (tertiary alicyclic amines) is 1. The average Bonchev–Trinajstić information content (AvgIpc) is 2.75. The minimum atomic E-state index is 0.269. The van der Waals surface area contributed by atoms with Gasteiger partial charge in [-0.15, -0.1) is 0 Å². The Morgan fingerprint density at radius 1 is 1.29 bits per heavy atom. The highest BCUT2D eigenvalue weighted by Gasteiger charge is 2.29. The maximum Gasteiger partial charge on any atom is 0.222 e. The zero-order valence-electron chi connectivity index (χ0n) is 11.0. The van der Waals surface area contributed by atoms with E-state index >= 15 is 0 Å². The summed E-state index contributed by atoms with van der Waals surface area (Å²) in [7, 11) is 0. The molecule has 0 bridgehead atoms. The van der Waals surface area contributed by atoms with E-state index in [9.17, 15) is 4.79 Å². The Morgan fingerprint density at radius 2 is 2.12 bits per heavy atom. The van der Waals surface area contributed by atoms with Gasteiger partial charge in [-0.1, -0.05) is 19.8 Å². The average molecular weight is 238 g/mol. The van der Waals surface area contributed by atoms with Gasteiger partial charge in [-0.25, -0.2) is 0 Å². The summed E-state index contributed by atoms with van der Waals surface area (Å²) < 4.78 is 0. The number of piperidine rings is 1. The highest BCUT2D eigenvalue weighted by Crippen LogP contribution is 2.28. The fourth-order valence-electron chi connectivity index (χ4n) is 3.30. The van der Waals surface area contributed by atoms with Crippen molar-refractivity contribution in [2.75, 3.05) is 13.1 Å². The summed E-state index contributed by atoms with van der Waals surface area (Å²) in [4.78, 5) is 14.3. The summed E-state index contributed by atoms with van der Waals surface area (Å²) in [5, 5.41) is 0. The monoisotopic (exact) mass is 238 g/mol. The highest BCUT2D eigenvalue weighted by atomic mass is 16.2. The Balaban J connectivity index is 1.82. The second-order valence-corrected chi connectivity index (χ2v) is 5.82. The highest BCUT2D eigenvalue weighted by molar-refractivity contribution is 5.76. The van der Waals surface area contributed by atoms with Crippen molar-refractivity contribution < 1.29 is 4.79 Å². The summed E-state index contributed by atoms with van der Waals surface area (Å²) in [6, 6.07) is 0.269. The zero-order chi connectivity index (χ0) is 12.3. The number of rotatable bonds is 3. The van der Waals surface area contributed by atoms with Crippen LogP contribution >= 0.6 is 0 Å². The van der Waals surface area contributed by atoms with Crippen molar-refractivity contribution in [3.8, 4) is 0 Å². The SMILES string of the molecule is CCC1CCCN(C(=O)C[C@@H]2CCC[C@H]2N)C1. The Bertz CT molecular complexity index is 267. The van der Waals surface area contributed by atoms with Gasteiger partial charge in [0.05, 0.1) is 0 Å². The van der Waals surface area contributed by atoms with Gasteiger partial charge < -0.3 is 10.6 Å². The van der Waals surface area contributed by atoms with Crippen LogP contribution in [0.3, 0.4) is 0 Å². The molecule has 98 valence electrons. The first-order chi connectivity index (χ1) is 8.20. The molecule has 1 saturated heterocycles. The van der Waals surface area contributed by atoms with Gasteiger partial charge in [-0.2, -0.15) is 0 Å². The molecule has 17 heavy (non-hydrogen) atoms. The van der Waals surface area contributed by atoms with Crippen molar-refractivity contribution in [3.63, 3.8) is 0 Å². The Hall–Kier alpha value is -0.570. The lowest BCUT2D eigenvalue weighted by atomic mass is 9.94. The molecule has 0 radical (unpaired) electrons. The lowest BCUT2D eigenvalue weighted by Gasteiger charge is -2.33. The molecule has 0 aromatic rings. The van der Waals surface area contributed by atoms with Crippen LogP contribution < -0.4 is 5.73 Å². The van der Waals surface area contributed by atoms with E-state index in [0.29, 0.717) is 18.2 Å². The largest absolute Gasteiger partial charge is 0.342 e. The topological polar surface area (TPSA) is 46.3 Å². The fourth-order valence-corrected chi connectivity index (χ4v) is 3.30. The number of nitrogens with two attached hydrogens (primary N) is 1. The van der Waals surface area contributed by atoms with Crippen molar-refractivity contribution in [2.24, 2.45) is 17.6 Å². The van der Waals surface area contributed by atoms with Gasteiger partial charge in [0, 0.05) is 25.6 Å². The van der Waals surface area contributed by atoms with E-state index in [1.54, 1.807) is 0 Å². The van der Waals surface area contributed by atoms with Crippen LogP contribution in [0.5, 0.6) is 0 Å². The molecular formula is C14H26N2O. The van der Waals surface area contributed by atoms with Gasteiger partial charge in [0.1, 0.15) is 0 Å². The van der Waals surface area contributed by atoms with E-state index < -0.39 is 0 Å². The van der Waals surface area contributed by atoms with E-state index in [2.05, 4.69) is 11.8 Å². The molecule has 1 heterocycles. The van der Waals surface area contributed by atoms with Gasteiger partial charge in [-0.3, -0.25) is 4.79 Å². The predicted octanol–water partition coefficient (Wildman–Crippen LogP) is 2.15. The first-order valence-electron chi connectivity index (χ1n) is 7.24. The van der Waals surface area contributed by atoms with E-state index in [-0.39, 0.29) is 6.04 Å². The lowest BCUT2D eigenvalue weighted by molar-refractivity contribution is -0.134.